The largest absolute Gasteiger partial charge is 0.495 e. The van der Waals surface area contributed by atoms with Gasteiger partial charge in [0.25, 0.3) is 0 Å². The quantitative estimate of drug-likeness (QED) is 0.784. The second-order valence-electron chi connectivity index (χ2n) is 5.61. The molecule has 0 saturated carbocycles. The van der Waals surface area contributed by atoms with Crippen molar-refractivity contribution in [3.05, 3.63) is 53.1 Å². The number of hydrogen-bond donors (Lipinski definition) is 1. The van der Waals surface area contributed by atoms with E-state index < -0.39 is 5.91 Å². The Bertz CT molecular complexity index is 851. The number of halogens is 1. The molecule has 0 fully saturated rings. The topological polar surface area (TPSA) is 75.7 Å². The van der Waals surface area contributed by atoms with Crippen molar-refractivity contribution in [2.45, 2.75) is 13.8 Å². The van der Waals surface area contributed by atoms with Gasteiger partial charge >= 0.3 is 0 Å². The third-order valence-electron chi connectivity index (χ3n) is 3.68. The van der Waals surface area contributed by atoms with Crippen LogP contribution in [-0.4, -0.2) is 31.3 Å². The average Bonchev–Trinajstić information content (AvgIpc) is 2.59. The van der Waals surface area contributed by atoms with Gasteiger partial charge in [0, 0.05) is 23.9 Å². The average molecular weight is 375 g/mol. The lowest BCUT2D eigenvalue weighted by Crippen LogP contribution is -2.36. The molecular weight excluding hydrogens is 356 g/mol. The smallest absolute Gasteiger partial charge is 0.244 e. The summed E-state index contributed by atoms with van der Waals surface area (Å²) in [7, 11) is 1.50. The summed E-state index contributed by atoms with van der Waals surface area (Å²) in [5, 5.41) is 3.05. The molecule has 136 valence electrons. The van der Waals surface area contributed by atoms with E-state index in [1.807, 2.05) is 0 Å². The number of carbonyl (C=O) groups excluding carboxylic acids is 3. The third kappa shape index (κ3) is 4.83. The Balaban J connectivity index is 2.16. The lowest BCUT2D eigenvalue weighted by Gasteiger charge is -2.21. The number of benzene rings is 2. The Hall–Kier alpha value is -2.86. The molecule has 0 aromatic heterocycles. The Labute approximate surface area is 156 Å². The minimum Gasteiger partial charge on any atom is -0.495 e. The molecule has 0 unspecified atom stereocenters. The van der Waals surface area contributed by atoms with Gasteiger partial charge in [0.05, 0.1) is 12.1 Å². The molecule has 0 aliphatic heterocycles. The molecule has 2 amide bonds. The van der Waals surface area contributed by atoms with Crippen LogP contribution in [0.2, 0.25) is 5.02 Å². The number of anilines is 2. The number of nitrogens with zero attached hydrogens (tertiary/aromatic N) is 1. The van der Waals surface area contributed by atoms with E-state index in [2.05, 4.69) is 5.32 Å². The number of methoxy groups -OCH3 is 1. The van der Waals surface area contributed by atoms with Crippen molar-refractivity contribution >= 4 is 40.6 Å². The number of amides is 2. The first-order chi connectivity index (χ1) is 12.3. The summed E-state index contributed by atoms with van der Waals surface area (Å²) in [5.74, 6) is -0.327. The van der Waals surface area contributed by atoms with Crippen molar-refractivity contribution in [3.63, 3.8) is 0 Å². The molecule has 0 saturated heterocycles. The Morgan fingerprint density at radius 2 is 1.85 bits per heavy atom. The Morgan fingerprint density at radius 1 is 1.12 bits per heavy atom. The van der Waals surface area contributed by atoms with Gasteiger partial charge in [-0.1, -0.05) is 23.7 Å². The summed E-state index contributed by atoms with van der Waals surface area (Å²) in [6.45, 7) is 2.61. The summed E-state index contributed by atoms with van der Waals surface area (Å²) in [6.07, 6.45) is 0. The van der Waals surface area contributed by atoms with Crippen LogP contribution in [0.1, 0.15) is 24.2 Å². The second kappa shape index (κ2) is 8.49. The van der Waals surface area contributed by atoms with Gasteiger partial charge in [0.15, 0.2) is 5.78 Å². The van der Waals surface area contributed by atoms with Gasteiger partial charge in [0.1, 0.15) is 12.3 Å². The zero-order valence-electron chi connectivity index (χ0n) is 14.7. The van der Waals surface area contributed by atoms with Gasteiger partial charge in [-0.05, 0) is 37.3 Å². The predicted octanol–water partition coefficient (Wildman–Crippen LogP) is 3.54. The fourth-order valence-corrected chi connectivity index (χ4v) is 2.62. The van der Waals surface area contributed by atoms with E-state index in [0.717, 1.165) is 0 Å². The molecule has 0 heterocycles. The molecule has 6 nitrogen and oxygen atoms in total. The van der Waals surface area contributed by atoms with Crippen LogP contribution in [0.4, 0.5) is 11.4 Å². The van der Waals surface area contributed by atoms with Crippen LogP contribution in [0.25, 0.3) is 0 Å². The van der Waals surface area contributed by atoms with Crippen molar-refractivity contribution in [1.29, 1.82) is 0 Å². The van der Waals surface area contributed by atoms with Gasteiger partial charge in [-0.2, -0.15) is 0 Å². The molecule has 0 radical (unpaired) electrons. The van der Waals surface area contributed by atoms with Crippen molar-refractivity contribution < 1.29 is 19.1 Å². The normalized spacial score (nSPS) is 10.2. The molecule has 0 spiro atoms. The molecule has 0 aliphatic carbocycles. The van der Waals surface area contributed by atoms with Crippen LogP contribution in [-0.2, 0) is 9.59 Å². The molecule has 7 heteroatoms. The van der Waals surface area contributed by atoms with Crippen LogP contribution >= 0.6 is 11.6 Å². The van der Waals surface area contributed by atoms with Crippen molar-refractivity contribution in [2.75, 3.05) is 23.9 Å². The SMILES string of the molecule is COc1ccc(NC(=O)CN(C(C)=O)c2cccc(C(C)=O)c2)cc1Cl. The zero-order valence-corrected chi connectivity index (χ0v) is 15.5. The number of ether oxygens (including phenoxy) is 1. The highest BCUT2D eigenvalue weighted by Gasteiger charge is 2.17. The van der Waals surface area contributed by atoms with Crippen molar-refractivity contribution in [1.82, 2.24) is 0 Å². The highest BCUT2D eigenvalue weighted by molar-refractivity contribution is 6.32. The van der Waals surface area contributed by atoms with E-state index in [4.69, 9.17) is 16.3 Å². The summed E-state index contributed by atoms with van der Waals surface area (Å²) in [4.78, 5) is 37.1. The van der Waals surface area contributed by atoms with Crippen LogP contribution < -0.4 is 15.0 Å². The van der Waals surface area contributed by atoms with E-state index in [0.29, 0.717) is 27.7 Å². The fraction of sp³-hybridized carbons (Fsp3) is 0.211. The molecule has 0 bridgehead atoms. The third-order valence-corrected chi connectivity index (χ3v) is 3.98. The first-order valence-electron chi connectivity index (χ1n) is 7.84. The molecule has 1 N–H and O–H groups in total. The lowest BCUT2D eigenvalue weighted by molar-refractivity contribution is -0.120. The fourth-order valence-electron chi connectivity index (χ4n) is 2.37. The molecule has 2 aromatic carbocycles. The van der Waals surface area contributed by atoms with Gasteiger partial charge in [-0.3, -0.25) is 14.4 Å². The van der Waals surface area contributed by atoms with Crippen molar-refractivity contribution in [2.24, 2.45) is 0 Å². The summed E-state index contributed by atoms with van der Waals surface area (Å²) in [5.41, 5.74) is 1.44. The number of ketones is 1. The van der Waals surface area contributed by atoms with Gasteiger partial charge < -0.3 is 15.0 Å². The zero-order chi connectivity index (χ0) is 19.3. The first kappa shape index (κ1) is 19.5. The van der Waals surface area contributed by atoms with E-state index >= 15 is 0 Å². The number of nitrogens with one attached hydrogen (secondary N) is 1. The lowest BCUT2D eigenvalue weighted by atomic mass is 10.1. The first-order valence-corrected chi connectivity index (χ1v) is 8.22. The van der Waals surface area contributed by atoms with Gasteiger partial charge in [-0.25, -0.2) is 0 Å². The summed E-state index contributed by atoms with van der Waals surface area (Å²) < 4.78 is 5.06. The molecule has 0 atom stereocenters. The van der Waals surface area contributed by atoms with E-state index in [1.54, 1.807) is 42.5 Å². The maximum atomic E-state index is 12.3. The number of rotatable bonds is 6. The standard InChI is InChI=1S/C19H19ClN2O4/c1-12(23)14-5-4-6-16(9-14)22(13(2)24)11-19(25)21-15-7-8-18(26-3)17(20)10-15/h4-10H,11H2,1-3H3,(H,21,25). The molecular formula is C19H19ClN2O4. The van der Waals surface area contributed by atoms with Crippen molar-refractivity contribution in [3.8, 4) is 5.75 Å². The maximum absolute atomic E-state index is 12.3. The molecule has 2 rings (SSSR count). The van der Waals surface area contributed by atoms with E-state index in [-0.39, 0.29) is 18.2 Å². The molecule has 2 aromatic rings. The second-order valence-corrected chi connectivity index (χ2v) is 6.02. The summed E-state index contributed by atoms with van der Waals surface area (Å²) >= 11 is 6.04. The maximum Gasteiger partial charge on any atom is 0.244 e. The minimum atomic E-state index is -0.394. The highest BCUT2D eigenvalue weighted by atomic mass is 35.5. The summed E-state index contributed by atoms with van der Waals surface area (Å²) in [6, 6.07) is 11.4. The molecule has 0 aliphatic rings. The number of carbonyl (C=O) groups is 3. The number of hydrogen-bond acceptors (Lipinski definition) is 4. The predicted molar refractivity (Wildman–Crippen MR) is 101 cm³/mol. The van der Waals surface area contributed by atoms with Crippen LogP contribution in [0.15, 0.2) is 42.5 Å². The Kier molecular flexibility index (Phi) is 6.36. The van der Waals surface area contributed by atoms with Crippen LogP contribution in [0, 0.1) is 0 Å². The highest BCUT2D eigenvalue weighted by Crippen LogP contribution is 2.27. The Morgan fingerprint density at radius 3 is 2.42 bits per heavy atom. The molecule has 26 heavy (non-hydrogen) atoms. The van der Waals surface area contributed by atoms with Crippen LogP contribution in [0.5, 0.6) is 5.75 Å². The van der Waals surface area contributed by atoms with E-state index in [9.17, 15) is 14.4 Å². The van der Waals surface area contributed by atoms with E-state index in [1.165, 1.54) is 25.9 Å². The van der Waals surface area contributed by atoms with Crippen LogP contribution in [0.3, 0.4) is 0 Å². The monoisotopic (exact) mass is 374 g/mol. The minimum absolute atomic E-state index is 0.118. The van der Waals surface area contributed by atoms with Gasteiger partial charge in [-0.15, -0.1) is 0 Å². The van der Waals surface area contributed by atoms with Gasteiger partial charge in [0.2, 0.25) is 11.8 Å². The number of Topliss-reactive ketones (excluding diaryl/α,β-unsaturated/α-hetero) is 1.